The van der Waals surface area contributed by atoms with E-state index in [4.69, 9.17) is 14.2 Å². The lowest BCUT2D eigenvalue weighted by Gasteiger charge is -2.14. The highest BCUT2D eigenvalue weighted by Gasteiger charge is 2.14. The minimum atomic E-state index is -0.249. The lowest BCUT2D eigenvalue weighted by atomic mass is 10.2. The smallest absolute Gasteiger partial charge is 0.224 e. The Hall–Kier alpha value is -2.24. The second-order valence-corrected chi connectivity index (χ2v) is 3.67. The fourth-order valence-corrected chi connectivity index (χ4v) is 1.57. The van der Waals surface area contributed by atoms with E-state index in [0.29, 0.717) is 29.2 Å². The quantitative estimate of drug-likeness (QED) is 0.760. The zero-order chi connectivity index (χ0) is 14.3. The van der Waals surface area contributed by atoms with Crippen molar-refractivity contribution in [2.75, 3.05) is 26.6 Å². The molecule has 0 saturated carbocycles. The number of methoxy groups -OCH3 is 3. The number of anilines is 1. The molecule has 0 radical (unpaired) electrons. The zero-order valence-electron chi connectivity index (χ0n) is 11.2. The fourth-order valence-electron chi connectivity index (χ4n) is 1.57. The molecule has 1 rings (SSSR count). The summed E-state index contributed by atoms with van der Waals surface area (Å²) in [5.74, 6) is 1.11. The summed E-state index contributed by atoms with van der Waals surface area (Å²) < 4.78 is 15.5. The van der Waals surface area contributed by atoms with Crippen molar-refractivity contribution in [3.8, 4) is 17.2 Å². The Morgan fingerprint density at radius 3 is 2.16 bits per heavy atom. The van der Waals surface area contributed by atoms with E-state index < -0.39 is 0 Å². The summed E-state index contributed by atoms with van der Waals surface area (Å²) in [5, 5.41) is 2.66. The molecule has 0 aromatic heterocycles. The van der Waals surface area contributed by atoms with Crippen molar-refractivity contribution in [1.29, 1.82) is 0 Å². The highest BCUT2D eigenvalue weighted by molar-refractivity contribution is 5.92. The van der Waals surface area contributed by atoms with Crippen LogP contribution in [0.25, 0.3) is 0 Å². The SMILES string of the molecule is COc1cc(NC(=O)CCC=O)cc(OC)c1OC. The van der Waals surface area contributed by atoms with Crippen LogP contribution in [0.1, 0.15) is 12.8 Å². The van der Waals surface area contributed by atoms with Gasteiger partial charge in [0.15, 0.2) is 11.5 Å². The number of benzene rings is 1. The van der Waals surface area contributed by atoms with Gasteiger partial charge in [0.25, 0.3) is 0 Å². The van der Waals surface area contributed by atoms with Gasteiger partial charge in [0.05, 0.1) is 21.3 Å². The third-order valence-electron chi connectivity index (χ3n) is 2.44. The van der Waals surface area contributed by atoms with Gasteiger partial charge in [-0.2, -0.15) is 0 Å². The van der Waals surface area contributed by atoms with Gasteiger partial charge >= 0.3 is 0 Å². The van der Waals surface area contributed by atoms with Gasteiger partial charge < -0.3 is 24.3 Å². The normalized spacial score (nSPS) is 9.63. The second-order valence-electron chi connectivity index (χ2n) is 3.67. The summed E-state index contributed by atoms with van der Waals surface area (Å²) in [6.45, 7) is 0. The van der Waals surface area contributed by atoms with Crippen molar-refractivity contribution in [2.45, 2.75) is 12.8 Å². The standard InChI is InChI=1S/C13H17NO5/c1-17-10-7-9(14-12(16)5-4-6-15)8-11(18-2)13(10)19-3/h6-8H,4-5H2,1-3H3,(H,14,16). The first kappa shape index (κ1) is 14.8. The maximum Gasteiger partial charge on any atom is 0.224 e. The lowest BCUT2D eigenvalue weighted by molar-refractivity contribution is -0.118. The van der Waals surface area contributed by atoms with Crippen molar-refractivity contribution >= 4 is 17.9 Å². The van der Waals surface area contributed by atoms with Crippen LogP contribution in [0, 0.1) is 0 Å². The summed E-state index contributed by atoms with van der Waals surface area (Å²) in [5.41, 5.74) is 0.519. The molecule has 1 aromatic carbocycles. The maximum absolute atomic E-state index is 11.5. The first-order valence-electron chi connectivity index (χ1n) is 5.69. The minimum absolute atomic E-state index is 0.139. The van der Waals surface area contributed by atoms with E-state index in [0.717, 1.165) is 0 Å². The topological polar surface area (TPSA) is 73.9 Å². The molecular weight excluding hydrogens is 250 g/mol. The molecule has 0 atom stereocenters. The number of carbonyl (C=O) groups is 2. The summed E-state index contributed by atoms with van der Waals surface area (Å²) in [6.07, 6.45) is 1.03. The van der Waals surface area contributed by atoms with Gasteiger partial charge in [-0.3, -0.25) is 4.79 Å². The molecule has 0 heterocycles. The number of hydrogen-bond acceptors (Lipinski definition) is 5. The van der Waals surface area contributed by atoms with E-state index >= 15 is 0 Å². The van der Waals surface area contributed by atoms with Gasteiger partial charge in [-0.05, 0) is 0 Å². The number of ether oxygens (including phenoxy) is 3. The third-order valence-corrected chi connectivity index (χ3v) is 2.44. The van der Waals surface area contributed by atoms with Gasteiger partial charge in [0.1, 0.15) is 6.29 Å². The highest BCUT2D eigenvalue weighted by atomic mass is 16.5. The number of nitrogens with one attached hydrogen (secondary N) is 1. The molecule has 0 bridgehead atoms. The number of carbonyl (C=O) groups excluding carboxylic acids is 2. The van der Waals surface area contributed by atoms with E-state index in [1.54, 1.807) is 12.1 Å². The fraction of sp³-hybridized carbons (Fsp3) is 0.385. The zero-order valence-corrected chi connectivity index (χ0v) is 11.2. The Balaban J connectivity index is 2.96. The van der Waals surface area contributed by atoms with Crippen molar-refractivity contribution in [1.82, 2.24) is 0 Å². The van der Waals surface area contributed by atoms with E-state index in [-0.39, 0.29) is 18.7 Å². The molecule has 0 aliphatic rings. The molecule has 19 heavy (non-hydrogen) atoms. The first-order valence-corrected chi connectivity index (χ1v) is 5.69. The molecule has 1 N–H and O–H groups in total. The molecule has 0 aliphatic heterocycles. The van der Waals surface area contributed by atoms with Crippen LogP contribution in [0.4, 0.5) is 5.69 Å². The van der Waals surface area contributed by atoms with Crippen LogP contribution in [0.3, 0.4) is 0 Å². The Morgan fingerprint density at radius 1 is 1.16 bits per heavy atom. The van der Waals surface area contributed by atoms with Crippen LogP contribution < -0.4 is 19.5 Å². The molecule has 6 nitrogen and oxygen atoms in total. The monoisotopic (exact) mass is 267 g/mol. The Labute approximate surface area is 111 Å². The minimum Gasteiger partial charge on any atom is -0.493 e. The van der Waals surface area contributed by atoms with E-state index in [1.807, 2.05) is 0 Å². The van der Waals surface area contributed by atoms with Crippen molar-refractivity contribution < 1.29 is 23.8 Å². The second kappa shape index (κ2) is 7.25. The first-order chi connectivity index (χ1) is 9.15. The number of rotatable bonds is 7. The molecule has 0 fully saturated rings. The molecule has 104 valence electrons. The van der Waals surface area contributed by atoms with Crippen molar-refractivity contribution in [3.63, 3.8) is 0 Å². The van der Waals surface area contributed by atoms with Gasteiger partial charge in [-0.25, -0.2) is 0 Å². The molecule has 0 aliphatic carbocycles. The molecule has 1 amide bonds. The van der Waals surface area contributed by atoms with Gasteiger partial charge in [0.2, 0.25) is 11.7 Å². The predicted molar refractivity (Wildman–Crippen MR) is 70.0 cm³/mol. The summed E-state index contributed by atoms with van der Waals surface area (Å²) >= 11 is 0. The summed E-state index contributed by atoms with van der Waals surface area (Å²) in [7, 11) is 4.49. The molecule has 6 heteroatoms. The van der Waals surface area contributed by atoms with Gasteiger partial charge in [-0.15, -0.1) is 0 Å². The molecule has 0 saturated heterocycles. The number of amides is 1. The summed E-state index contributed by atoms with van der Waals surface area (Å²) in [4.78, 5) is 21.8. The molecule has 0 unspecified atom stereocenters. The van der Waals surface area contributed by atoms with Crippen LogP contribution in [-0.4, -0.2) is 33.5 Å². The predicted octanol–water partition coefficient (Wildman–Crippen LogP) is 1.63. The Bertz CT molecular complexity index is 433. The van der Waals surface area contributed by atoms with Crippen LogP contribution in [0.15, 0.2) is 12.1 Å². The van der Waals surface area contributed by atoms with Gasteiger partial charge in [0, 0.05) is 30.7 Å². The van der Waals surface area contributed by atoms with E-state index in [9.17, 15) is 9.59 Å². The van der Waals surface area contributed by atoms with Crippen LogP contribution >= 0.6 is 0 Å². The van der Waals surface area contributed by atoms with Gasteiger partial charge in [-0.1, -0.05) is 0 Å². The van der Waals surface area contributed by atoms with Crippen LogP contribution in [-0.2, 0) is 9.59 Å². The highest BCUT2D eigenvalue weighted by Crippen LogP contribution is 2.39. The molecular formula is C13H17NO5. The number of aldehydes is 1. The van der Waals surface area contributed by atoms with Crippen LogP contribution in [0.2, 0.25) is 0 Å². The number of hydrogen-bond donors (Lipinski definition) is 1. The average Bonchev–Trinajstić information content (AvgIpc) is 2.43. The lowest BCUT2D eigenvalue weighted by Crippen LogP contribution is -2.11. The molecule has 0 spiro atoms. The van der Waals surface area contributed by atoms with E-state index in [2.05, 4.69) is 5.32 Å². The average molecular weight is 267 g/mol. The van der Waals surface area contributed by atoms with Crippen molar-refractivity contribution in [3.05, 3.63) is 12.1 Å². The largest absolute Gasteiger partial charge is 0.493 e. The Kier molecular flexibility index (Phi) is 5.66. The molecule has 1 aromatic rings. The summed E-state index contributed by atoms with van der Waals surface area (Å²) in [6, 6.07) is 3.25. The Morgan fingerprint density at radius 2 is 1.74 bits per heavy atom. The maximum atomic E-state index is 11.5. The third kappa shape index (κ3) is 3.87. The van der Waals surface area contributed by atoms with E-state index in [1.165, 1.54) is 21.3 Å². The van der Waals surface area contributed by atoms with Crippen molar-refractivity contribution in [2.24, 2.45) is 0 Å². The van der Waals surface area contributed by atoms with Crippen LogP contribution in [0.5, 0.6) is 17.2 Å².